The van der Waals surface area contributed by atoms with Crippen LogP contribution in [0.1, 0.15) is 27.9 Å². The van der Waals surface area contributed by atoms with E-state index in [0.29, 0.717) is 12.1 Å². The van der Waals surface area contributed by atoms with Crippen LogP contribution in [0.4, 0.5) is 0 Å². The summed E-state index contributed by atoms with van der Waals surface area (Å²) in [6.07, 6.45) is -1.60. The fourth-order valence-electron chi connectivity index (χ4n) is 2.72. The number of aryl methyl sites for hydroxylation is 1. The van der Waals surface area contributed by atoms with E-state index in [4.69, 9.17) is 0 Å². The maximum absolute atomic E-state index is 12.4. The molecule has 1 aromatic rings. The van der Waals surface area contributed by atoms with Crippen molar-refractivity contribution in [3.63, 3.8) is 0 Å². The first-order valence-corrected chi connectivity index (χ1v) is 6.39. The number of carbonyl (C=O) groups is 3. The first-order chi connectivity index (χ1) is 9.49. The number of hydrogen-bond acceptors (Lipinski definition) is 4. The summed E-state index contributed by atoms with van der Waals surface area (Å²) in [5.41, 5.74) is 2.46. The molecular formula is C14H14N2O4. The van der Waals surface area contributed by atoms with E-state index in [0.717, 1.165) is 11.1 Å². The number of fused-ring (bicyclic) bond motifs is 1. The van der Waals surface area contributed by atoms with Crippen LogP contribution in [0.2, 0.25) is 0 Å². The number of hydrogen-bond donors (Lipinski definition) is 2. The van der Waals surface area contributed by atoms with E-state index < -0.39 is 24.0 Å². The molecule has 1 fully saturated rings. The van der Waals surface area contributed by atoms with Gasteiger partial charge in [-0.3, -0.25) is 14.4 Å². The molecule has 104 valence electrons. The highest BCUT2D eigenvalue weighted by atomic mass is 16.3. The van der Waals surface area contributed by atoms with Gasteiger partial charge in [-0.2, -0.15) is 0 Å². The number of ketones is 1. The molecule has 2 heterocycles. The molecule has 6 nitrogen and oxygen atoms in total. The van der Waals surface area contributed by atoms with Crippen LogP contribution < -0.4 is 5.32 Å². The second kappa shape index (κ2) is 4.42. The van der Waals surface area contributed by atoms with Crippen LogP contribution in [0.3, 0.4) is 0 Å². The van der Waals surface area contributed by atoms with Gasteiger partial charge in [0, 0.05) is 18.5 Å². The maximum Gasteiger partial charge on any atom is 0.255 e. The van der Waals surface area contributed by atoms with Gasteiger partial charge in [0.15, 0.2) is 12.0 Å². The van der Waals surface area contributed by atoms with E-state index in [-0.39, 0.29) is 12.3 Å². The Hall–Kier alpha value is -2.21. The van der Waals surface area contributed by atoms with Crippen molar-refractivity contribution in [2.24, 2.45) is 0 Å². The third-order valence-corrected chi connectivity index (χ3v) is 3.89. The van der Waals surface area contributed by atoms with Crippen LogP contribution in [0, 0.1) is 6.92 Å². The Labute approximate surface area is 115 Å². The first kappa shape index (κ1) is 12.8. The van der Waals surface area contributed by atoms with E-state index in [1.165, 1.54) is 4.90 Å². The number of amides is 2. The van der Waals surface area contributed by atoms with Gasteiger partial charge >= 0.3 is 0 Å². The van der Waals surface area contributed by atoms with Gasteiger partial charge in [-0.05, 0) is 24.1 Å². The van der Waals surface area contributed by atoms with Crippen LogP contribution in [-0.2, 0) is 16.1 Å². The minimum atomic E-state index is -1.46. The van der Waals surface area contributed by atoms with Crippen molar-refractivity contribution in [1.29, 1.82) is 0 Å². The maximum atomic E-state index is 12.4. The van der Waals surface area contributed by atoms with Crippen molar-refractivity contribution < 1.29 is 19.5 Å². The molecule has 0 aromatic heterocycles. The van der Waals surface area contributed by atoms with Crippen LogP contribution in [-0.4, -0.2) is 39.9 Å². The summed E-state index contributed by atoms with van der Waals surface area (Å²) < 4.78 is 0. The molecule has 1 saturated heterocycles. The predicted molar refractivity (Wildman–Crippen MR) is 68.6 cm³/mol. The SMILES string of the molecule is Cc1cccc2c1CN(C1CC(=O)C(O)NC1=O)C2=O. The average molecular weight is 274 g/mol. The number of carbonyl (C=O) groups excluding carboxylic acids is 3. The lowest BCUT2D eigenvalue weighted by atomic mass is 10.0. The molecule has 0 saturated carbocycles. The molecule has 6 heteroatoms. The largest absolute Gasteiger partial charge is 0.367 e. The van der Waals surface area contributed by atoms with Gasteiger partial charge in [0.1, 0.15) is 6.04 Å². The summed E-state index contributed by atoms with van der Waals surface area (Å²) >= 11 is 0. The summed E-state index contributed by atoms with van der Waals surface area (Å²) in [6, 6.07) is 4.59. The Morgan fingerprint density at radius 1 is 1.30 bits per heavy atom. The molecule has 3 rings (SSSR count). The standard InChI is InChI=1S/C14H14N2O4/c1-7-3-2-4-8-9(7)6-16(14(8)20)10-5-11(17)13(19)15-12(10)18/h2-4,10,13,19H,5-6H2,1H3,(H,15,18). The number of Topliss-reactive ketones (excluding diaryl/α,β-unsaturated/α-hetero) is 1. The highest BCUT2D eigenvalue weighted by Crippen LogP contribution is 2.29. The molecule has 0 radical (unpaired) electrons. The highest BCUT2D eigenvalue weighted by molar-refractivity contribution is 6.04. The minimum absolute atomic E-state index is 0.147. The zero-order chi connectivity index (χ0) is 14.4. The molecular weight excluding hydrogens is 260 g/mol. The highest BCUT2D eigenvalue weighted by Gasteiger charge is 2.42. The van der Waals surface area contributed by atoms with Crippen LogP contribution in [0.5, 0.6) is 0 Å². The zero-order valence-corrected chi connectivity index (χ0v) is 10.9. The van der Waals surface area contributed by atoms with E-state index in [1.54, 1.807) is 12.1 Å². The quantitative estimate of drug-likeness (QED) is 0.738. The lowest BCUT2D eigenvalue weighted by Gasteiger charge is -2.31. The molecule has 2 unspecified atom stereocenters. The van der Waals surface area contributed by atoms with Crippen LogP contribution >= 0.6 is 0 Å². The van der Waals surface area contributed by atoms with Crippen molar-refractivity contribution >= 4 is 17.6 Å². The average Bonchev–Trinajstić information content (AvgIpc) is 2.73. The van der Waals surface area contributed by atoms with E-state index in [2.05, 4.69) is 5.32 Å². The number of piperidine rings is 1. The fourth-order valence-corrected chi connectivity index (χ4v) is 2.72. The van der Waals surface area contributed by atoms with Crippen LogP contribution in [0.15, 0.2) is 18.2 Å². The number of benzene rings is 1. The van der Waals surface area contributed by atoms with Crippen molar-refractivity contribution in [1.82, 2.24) is 10.2 Å². The van der Waals surface area contributed by atoms with Gasteiger partial charge in [0.25, 0.3) is 5.91 Å². The summed E-state index contributed by atoms with van der Waals surface area (Å²) in [4.78, 5) is 37.2. The molecule has 1 aromatic carbocycles. The third kappa shape index (κ3) is 1.80. The van der Waals surface area contributed by atoms with Gasteiger partial charge in [-0.1, -0.05) is 12.1 Å². The van der Waals surface area contributed by atoms with E-state index in [9.17, 15) is 19.5 Å². The molecule has 0 spiro atoms. The fraction of sp³-hybridized carbons (Fsp3) is 0.357. The number of rotatable bonds is 1. The van der Waals surface area contributed by atoms with Crippen molar-refractivity contribution in [2.45, 2.75) is 32.2 Å². The second-order valence-corrected chi connectivity index (χ2v) is 5.13. The number of nitrogens with zero attached hydrogens (tertiary/aromatic N) is 1. The van der Waals surface area contributed by atoms with Gasteiger partial charge in [0.05, 0.1) is 0 Å². The Morgan fingerprint density at radius 3 is 2.75 bits per heavy atom. The number of aliphatic hydroxyl groups is 1. The molecule has 2 atom stereocenters. The van der Waals surface area contributed by atoms with E-state index >= 15 is 0 Å². The van der Waals surface area contributed by atoms with Gasteiger partial charge in [-0.15, -0.1) is 0 Å². The number of aliphatic hydroxyl groups excluding tert-OH is 1. The lowest BCUT2D eigenvalue weighted by Crippen LogP contribution is -2.58. The Bertz CT molecular complexity index is 626. The summed E-state index contributed by atoms with van der Waals surface area (Å²) in [5.74, 6) is -1.21. The van der Waals surface area contributed by atoms with Crippen LogP contribution in [0.25, 0.3) is 0 Å². The molecule has 2 amide bonds. The second-order valence-electron chi connectivity index (χ2n) is 5.13. The van der Waals surface area contributed by atoms with Crippen molar-refractivity contribution in [3.05, 3.63) is 34.9 Å². The molecule has 2 N–H and O–H groups in total. The summed E-state index contributed by atoms with van der Waals surface area (Å²) in [6.45, 7) is 2.23. The first-order valence-electron chi connectivity index (χ1n) is 6.39. The zero-order valence-electron chi connectivity index (χ0n) is 10.9. The Kier molecular flexibility index (Phi) is 2.83. The van der Waals surface area contributed by atoms with E-state index in [1.807, 2.05) is 13.0 Å². The third-order valence-electron chi connectivity index (χ3n) is 3.89. The molecule has 2 aliphatic rings. The normalized spacial score (nSPS) is 25.7. The van der Waals surface area contributed by atoms with Gasteiger partial charge in [0.2, 0.25) is 5.91 Å². The minimum Gasteiger partial charge on any atom is -0.367 e. The van der Waals surface area contributed by atoms with Crippen molar-refractivity contribution in [3.8, 4) is 0 Å². The molecule has 20 heavy (non-hydrogen) atoms. The lowest BCUT2D eigenvalue weighted by molar-refractivity contribution is -0.145. The van der Waals surface area contributed by atoms with Gasteiger partial charge in [-0.25, -0.2) is 0 Å². The molecule has 0 aliphatic carbocycles. The monoisotopic (exact) mass is 274 g/mol. The van der Waals surface area contributed by atoms with Gasteiger partial charge < -0.3 is 15.3 Å². The number of nitrogens with one attached hydrogen (secondary N) is 1. The van der Waals surface area contributed by atoms with Crippen molar-refractivity contribution in [2.75, 3.05) is 0 Å². The summed E-state index contributed by atoms with van der Waals surface area (Å²) in [7, 11) is 0. The Morgan fingerprint density at radius 2 is 2.05 bits per heavy atom. The topological polar surface area (TPSA) is 86.7 Å². The predicted octanol–water partition coefficient (Wildman–Crippen LogP) is -0.273. The summed E-state index contributed by atoms with van der Waals surface area (Å²) in [5, 5.41) is 11.5. The smallest absolute Gasteiger partial charge is 0.255 e. The molecule has 0 bridgehead atoms. The molecule has 2 aliphatic heterocycles. The Balaban J connectivity index is 1.91.